The number of nitrogens with zero attached hydrogens (tertiary/aromatic N) is 2. The number of unbranched alkanes of at least 4 members (excludes halogenated alkanes) is 1. The highest BCUT2D eigenvalue weighted by Crippen LogP contribution is 2.46. The summed E-state index contributed by atoms with van der Waals surface area (Å²) in [5, 5.41) is 9.86. The molecule has 1 unspecified atom stereocenters. The number of aromatic nitrogens is 1. The van der Waals surface area contributed by atoms with Gasteiger partial charge >= 0.3 is 0 Å². The Balaban J connectivity index is 1.57. The van der Waals surface area contributed by atoms with Gasteiger partial charge in [0.15, 0.2) is 0 Å². The Morgan fingerprint density at radius 3 is 2.52 bits per heavy atom. The number of allylic oxidation sites excluding steroid dienone is 1. The normalized spacial score (nSPS) is 21.9. The molecule has 1 aliphatic rings. The molecule has 3 rings (SSSR count). The smallest absolute Gasteiger partial charge is 0.0702 e. The maximum Gasteiger partial charge on any atom is 0.0702 e. The molecule has 0 radical (unpaired) electrons. The van der Waals surface area contributed by atoms with E-state index in [0.717, 1.165) is 63.0 Å². The summed E-state index contributed by atoms with van der Waals surface area (Å²) in [6.07, 6.45) is 15.0. The monoisotopic (exact) mass is 414 g/mol. The molecule has 1 heterocycles. The zero-order chi connectivity index (χ0) is 22.1. The van der Waals surface area contributed by atoms with Gasteiger partial charge in [0.05, 0.1) is 17.2 Å². The fourth-order valence-corrected chi connectivity index (χ4v) is 4.77. The van der Waals surface area contributed by atoms with Gasteiger partial charge in [-0.05, 0) is 86.8 Å². The first-order valence-corrected chi connectivity index (χ1v) is 12.2. The van der Waals surface area contributed by atoms with Gasteiger partial charge in [0, 0.05) is 11.8 Å². The predicted molar refractivity (Wildman–Crippen MR) is 131 cm³/mol. The zero-order valence-corrected chi connectivity index (χ0v) is 19.4. The van der Waals surface area contributed by atoms with Crippen LogP contribution in [-0.4, -0.2) is 4.98 Å². The van der Waals surface area contributed by atoms with E-state index in [9.17, 15) is 5.26 Å². The van der Waals surface area contributed by atoms with Crippen LogP contribution in [-0.2, 0) is 6.42 Å². The first kappa shape index (κ1) is 23.3. The molecule has 164 valence electrons. The average molecular weight is 415 g/mol. The molecule has 2 aromatic rings. The van der Waals surface area contributed by atoms with Crippen molar-refractivity contribution in [3.8, 4) is 17.3 Å². The number of benzene rings is 1. The van der Waals surface area contributed by atoms with Gasteiger partial charge in [-0.2, -0.15) is 5.26 Å². The first-order chi connectivity index (χ1) is 15.1. The summed E-state index contributed by atoms with van der Waals surface area (Å²) in [7, 11) is 0. The van der Waals surface area contributed by atoms with Crippen molar-refractivity contribution in [2.75, 3.05) is 0 Å². The minimum absolute atomic E-state index is 0.0861. The van der Waals surface area contributed by atoms with Crippen molar-refractivity contribution >= 4 is 0 Å². The van der Waals surface area contributed by atoms with E-state index in [4.69, 9.17) is 0 Å². The number of pyridine rings is 1. The second-order valence-corrected chi connectivity index (χ2v) is 9.57. The van der Waals surface area contributed by atoms with Crippen LogP contribution in [0.15, 0.2) is 55.3 Å². The van der Waals surface area contributed by atoms with Crippen LogP contribution in [0.2, 0.25) is 0 Å². The van der Waals surface area contributed by atoms with Gasteiger partial charge in [0.2, 0.25) is 0 Å². The molecule has 1 aliphatic carbocycles. The summed E-state index contributed by atoms with van der Waals surface area (Å²) >= 11 is 0. The Bertz CT molecular complexity index is 849. The summed E-state index contributed by atoms with van der Waals surface area (Å²) in [6.45, 7) is 8.34. The Labute approximate surface area is 189 Å². The lowest BCUT2D eigenvalue weighted by Crippen LogP contribution is -2.26. The Kier molecular flexibility index (Phi) is 8.47. The van der Waals surface area contributed by atoms with Gasteiger partial charge in [0.25, 0.3) is 0 Å². The number of hydrogen-bond acceptors (Lipinski definition) is 2. The molecule has 2 nitrogen and oxygen atoms in total. The summed E-state index contributed by atoms with van der Waals surface area (Å²) in [5.74, 6) is 1.31. The molecule has 2 heteroatoms. The minimum atomic E-state index is -0.0861. The molecule has 0 bridgehead atoms. The first-order valence-electron chi connectivity index (χ1n) is 12.2. The standard InChI is InChI=1S/C29H38N2/c1-4-6-7-8-24-9-14-28(31-21-24)27-12-10-25(11-13-27)26-16-19-29(22-30,20-17-26)18-15-23(3)5-2/h4,9-14,21,23,26H,1,5-8,15-20H2,2-3H3/t23?,26-,29+. The number of hydrogen-bond donors (Lipinski definition) is 0. The van der Waals surface area contributed by atoms with Crippen molar-refractivity contribution in [2.24, 2.45) is 11.3 Å². The minimum Gasteiger partial charge on any atom is -0.256 e. The van der Waals surface area contributed by atoms with E-state index in [2.05, 4.69) is 67.9 Å². The molecule has 0 saturated heterocycles. The van der Waals surface area contributed by atoms with E-state index in [1.165, 1.54) is 29.5 Å². The maximum absolute atomic E-state index is 9.86. The van der Waals surface area contributed by atoms with Crippen molar-refractivity contribution in [3.05, 3.63) is 66.4 Å². The van der Waals surface area contributed by atoms with Crippen molar-refractivity contribution in [3.63, 3.8) is 0 Å². The van der Waals surface area contributed by atoms with Crippen LogP contribution in [0.5, 0.6) is 0 Å². The topological polar surface area (TPSA) is 36.7 Å². The highest BCUT2D eigenvalue weighted by Gasteiger charge is 2.35. The second kappa shape index (κ2) is 11.3. The number of aryl methyl sites for hydroxylation is 1. The van der Waals surface area contributed by atoms with Gasteiger partial charge < -0.3 is 0 Å². The molecule has 1 aromatic heterocycles. The Morgan fingerprint density at radius 1 is 1.19 bits per heavy atom. The van der Waals surface area contributed by atoms with E-state index in [1.807, 2.05) is 12.3 Å². The van der Waals surface area contributed by atoms with E-state index >= 15 is 0 Å². The van der Waals surface area contributed by atoms with Gasteiger partial charge in [-0.15, -0.1) is 6.58 Å². The molecule has 1 fully saturated rings. The van der Waals surface area contributed by atoms with Crippen molar-refractivity contribution in [1.82, 2.24) is 4.98 Å². The van der Waals surface area contributed by atoms with Crippen molar-refractivity contribution in [2.45, 2.75) is 84.0 Å². The molecule has 31 heavy (non-hydrogen) atoms. The molecule has 0 amide bonds. The highest BCUT2D eigenvalue weighted by atomic mass is 14.7. The number of rotatable bonds is 10. The molecule has 0 aliphatic heterocycles. The summed E-state index contributed by atoms with van der Waals surface area (Å²) in [5.41, 5.74) is 4.84. The van der Waals surface area contributed by atoms with Crippen molar-refractivity contribution in [1.29, 1.82) is 5.26 Å². The van der Waals surface area contributed by atoms with E-state index in [1.54, 1.807) is 0 Å². The summed E-state index contributed by atoms with van der Waals surface area (Å²) < 4.78 is 0. The third kappa shape index (κ3) is 6.30. The van der Waals surface area contributed by atoms with Crippen LogP contribution < -0.4 is 0 Å². The van der Waals surface area contributed by atoms with Gasteiger partial charge in [-0.3, -0.25) is 4.98 Å². The van der Waals surface area contributed by atoms with Crippen LogP contribution in [0.3, 0.4) is 0 Å². The SMILES string of the molecule is C=CCCCc1ccc(-c2ccc([C@H]3CC[C@](C#N)(CCC(C)CC)CC3)cc2)nc1. The molecule has 0 spiro atoms. The molecule has 1 saturated carbocycles. The average Bonchev–Trinajstić information content (AvgIpc) is 2.83. The van der Waals surface area contributed by atoms with Crippen LogP contribution in [0.4, 0.5) is 0 Å². The fourth-order valence-electron chi connectivity index (χ4n) is 4.77. The Hall–Kier alpha value is -2.40. The molecular weight excluding hydrogens is 376 g/mol. The maximum atomic E-state index is 9.86. The number of nitriles is 1. The van der Waals surface area contributed by atoms with Crippen LogP contribution in [0, 0.1) is 22.7 Å². The van der Waals surface area contributed by atoms with E-state index in [-0.39, 0.29) is 5.41 Å². The van der Waals surface area contributed by atoms with E-state index < -0.39 is 0 Å². The largest absolute Gasteiger partial charge is 0.256 e. The third-order valence-corrected chi connectivity index (χ3v) is 7.37. The highest BCUT2D eigenvalue weighted by molar-refractivity contribution is 5.59. The van der Waals surface area contributed by atoms with Crippen LogP contribution >= 0.6 is 0 Å². The predicted octanol–water partition coefficient (Wildman–Crippen LogP) is 8.25. The lowest BCUT2D eigenvalue weighted by molar-refractivity contribution is 0.213. The fraction of sp³-hybridized carbons (Fsp3) is 0.517. The summed E-state index contributed by atoms with van der Waals surface area (Å²) in [4.78, 5) is 4.68. The zero-order valence-electron chi connectivity index (χ0n) is 19.4. The third-order valence-electron chi connectivity index (χ3n) is 7.37. The van der Waals surface area contributed by atoms with Crippen LogP contribution in [0.25, 0.3) is 11.3 Å². The molecule has 1 atom stereocenters. The second-order valence-electron chi connectivity index (χ2n) is 9.57. The van der Waals surface area contributed by atoms with Gasteiger partial charge in [-0.25, -0.2) is 0 Å². The lowest BCUT2D eigenvalue weighted by Gasteiger charge is -2.36. The molecular formula is C29H38N2. The lowest BCUT2D eigenvalue weighted by atomic mass is 9.67. The van der Waals surface area contributed by atoms with Gasteiger partial charge in [-0.1, -0.05) is 56.7 Å². The quantitative estimate of drug-likeness (QED) is 0.290. The molecule has 0 N–H and O–H groups in total. The van der Waals surface area contributed by atoms with Crippen LogP contribution in [0.1, 0.15) is 88.7 Å². The Morgan fingerprint density at radius 2 is 1.94 bits per heavy atom. The summed E-state index contributed by atoms with van der Waals surface area (Å²) in [6, 6.07) is 16.0. The molecule has 1 aromatic carbocycles. The van der Waals surface area contributed by atoms with Crippen molar-refractivity contribution < 1.29 is 0 Å². The van der Waals surface area contributed by atoms with E-state index in [0.29, 0.717) is 5.92 Å². The van der Waals surface area contributed by atoms with Gasteiger partial charge in [0.1, 0.15) is 0 Å².